The second-order valence-electron chi connectivity index (χ2n) is 4.18. The molecule has 0 bridgehead atoms. The summed E-state index contributed by atoms with van der Waals surface area (Å²) in [4.78, 5) is 0. The molecule has 0 aromatic heterocycles. The zero-order valence-electron chi connectivity index (χ0n) is 8.61. The summed E-state index contributed by atoms with van der Waals surface area (Å²) < 4.78 is 11.4. The third-order valence-corrected chi connectivity index (χ3v) is 2.78. The van der Waals surface area contributed by atoms with Gasteiger partial charge < -0.3 is 14.8 Å². The molecule has 1 atom stereocenters. The number of hydrogen-bond donors (Lipinski definition) is 1. The summed E-state index contributed by atoms with van der Waals surface area (Å²) in [5.74, 6) is 1.73. The number of hydrogen-bond acceptors (Lipinski definition) is 3. The fourth-order valence-electron chi connectivity index (χ4n) is 1.75. The Morgan fingerprint density at radius 1 is 1.20 bits per heavy atom. The van der Waals surface area contributed by atoms with Gasteiger partial charge in [0, 0.05) is 12.6 Å². The van der Waals surface area contributed by atoms with Crippen molar-refractivity contribution in [2.45, 2.75) is 25.0 Å². The Kier molecular flexibility index (Phi) is 2.25. The van der Waals surface area contributed by atoms with Crippen LogP contribution in [0.1, 0.15) is 12.8 Å². The van der Waals surface area contributed by atoms with E-state index in [-0.39, 0.29) is 6.10 Å². The van der Waals surface area contributed by atoms with Crippen LogP contribution in [0.15, 0.2) is 24.3 Å². The maximum atomic E-state index is 5.82. The summed E-state index contributed by atoms with van der Waals surface area (Å²) in [5, 5.41) is 3.45. The number of nitrogens with one attached hydrogen (secondary N) is 1. The average molecular weight is 205 g/mol. The van der Waals surface area contributed by atoms with Crippen molar-refractivity contribution in [3.8, 4) is 11.5 Å². The Hall–Kier alpha value is -1.22. The largest absolute Gasteiger partial charge is 0.486 e. The number of fused-ring (bicyclic) bond motifs is 1. The summed E-state index contributed by atoms with van der Waals surface area (Å²) in [5.41, 5.74) is 0. The van der Waals surface area contributed by atoms with E-state index in [1.54, 1.807) is 0 Å². The van der Waals surface area contributed by atoms with E-state index in [0.717, 1.165) is 24.1 Å². The van der Waals surface area contributed by atoms with Gasteiger partial charge in [-0.25, -0.2) is 0 Å². The van der Waals surface area contributed by atoms with Crippen molar-refractivity contribution in [2.75, 3.05) is 13.2 Å². The lowest BCUT2D eigenvalue weighted by molar-refractivity contribution is 0.0902. The van der Waals surface area contributed by atoms with Gasteiger partial charge in [-0.2, -0.15) is 0 Å². The Labute approximate surface area is 89.4 Å². The molecule has 80 valence electrons. The quantitative estimate of drug-likeness (QED) is 0.812. The van der Waals surface area contributed by atoms with Gasteiger partial charge in [-0.1, -0.05) is 12.1 Å². The molecular weight excluding hydrogens is 190 g/mol. The molecular formula is C12H15NO2. The van der Waals surface area contributed by atoms with Crippen molar-refractivity contribution in [3.05, 3.63) is 24.3 Å². The van der Waals surface area contributed by atoms with Crippen LogP contribution in [0.2, 0.25) is 0 Å². The highest BCUT2D eigenvalue weighted by molar-refractivity contribution is 5.40. The van der Waals surface area contributed by atoms with E-state index in [2.05, 4.69) is 5.32 Å². The normalized spacial score (nSPS) is 23.9. The van der Waals surface area contributed by atoms with Gasteiger partial charge in [0.05, 0.1) is 0 Å². The number of ether oxygens (including phenoxy) is 2. The third-order valence-electron chi connectivity index (χ3n) is 2.78. The molecule has 1 saturated carbocycles. The lowest BCUT2D eigenvalue weighted by Crippen LogP contribution is -2.39. The maximum absolute atomic E-state index is 5.82. The van der Waals surface area contributed by atoms with Gasteiger partial charge in [0.25, 0.3) is 0 Å². The Balaban J connectivity index is 1.61. The molecule has 1 aromatic carbocycles. The minimum absolute atomic E-state index is 0.153. The van der Waals surface area contributed by atoms with Crippen molar-refractivity contribution in [2.24, 2.45) is 0 Å². The van der Waals surface area contributed by atoms with Gasteiger partial charge in [-0.05, 0) is 25.0 Å². The molecule has 3 heteroatoms. The smallest absolute Gasteiger partial charge is 0.161 e. The highest BCUT2D eigenvalue weighted by Crippen LogP contribution is 2.30. The fraction of sp³-hybridized carbons (Fsp3) is 0.500. The Bertz CT molecular complexity index is 349. The first kappa shape index (κ1) is 9.04. The van der Waals surface area contributed by atoms with E-state index in [9.17, 15) is 0 Å². The summed E-state index contributed by atoms with van der Waals surface area (Å²) in [6, 6.07) is 8.56. The monoisotopic (exact) mass is 205 g/mol. The van der Waals surface area contributed by atoms with Gasteiger partial charge in [0.15, 0.2) is 11.5 Å². The number of rotatable bonds is 3. The predicted octanol–water partition coefficient (Wildman–Crippen LogP) is 1.58. The predicted molar refractivity (Wildman–Crippen MR) is 57.4 cm³/mol. The van der Waals surface area contributed by atoms with Gasteiger partial charge in [0.2, 0.25) is 0 Å². The van der Waals surface area contributed by atoms with Crippen LogP contribution in [0.4, 0.5) is 0 Å². The maximum Gasteiger partial charge on any atom is 0.161 e. The zero-order chi connectivity index (χ0) is 10.1. The molecule has 2 aliphatic rings. The molecule has 1 heterocycles. The molecule has 0 saturated heterocycles. The summed E-state index contributed by atoms with van der Waals surface area (Å²) in [6.07, 6.45) is 2.77. The fourth-order valence-corrected chi connectivity index (χ4v) is 1.75. The van der Waals surface area contributed by atoms with Crippen molar-refractivity contribution < 1.29 is 9.47 Å². The highest BCUT2D eigenvalue weighted by atomic mass is 16.6. The molecule has 3 nitrogen and oxygen atoms in total. The Morgan fingerprint density at radius 2 is 2.00 bits per heavy atom. The zero-order valence-corrected chi connectivity index (χ0v) is 8.61. The third kappa shape index (κ3) is 2.07. The van der Waals surface area contributed by atoms with Crippen LogP contribution in [0, 0.1) is 0 Å². The summed E-state index contributed by atoms with van der Waals surface area (Å²) in [7, 11) is 0. The van der Waals surface area contributed by atoms with Crippen LogP contribution in [0.3, 0.4) is 0 Å². The molecule has 0 amide bonds. The lowest BCUT2D eigenvalue weighted by Gasteiger charge is -2.26. The van der Waals surface area contributed by atoms with Crippen molar-refractivity contribution in [1.82, 2.24) is 5.32 Å². The van der Waals surface area contributed by atoms with Gasteiger partial charge in [0.1, 0.15) is 12.7 Å². The second kappa shape index (κ2) is 3.74. The van der Waals surface area contributed by atoms with Gasteiger partial charge >= 0.3 is 0 Å². The summed E-state index contributed by atoms with van der Waals surface area (Å²) >= 11 is 0. The molecule has 1 fully saturated rings. The van der Waals surface area contributed by atoms with E-state index in [4.69, 9.17) is 9.47 Å². The molecule has 3 rings (SSSR count). The molecule has 0 spiro atoms. The van der Waals surface area contributed by atoms with Crippen molar-refractivity contribution >= 4 is 0 Å². The molecule has 1 aliphatic carbocycles. The number of para-hydroxylation sites is 2. The van der Waals surface area contributed by atoms with E-state index in [1.165, 1.54) is 12.8 Å². The highest BCUT2D eigenvalue weighted by Gasteiger charge is 2.25. The number of benzene rings is 1. The molecule has 0 radical (unpaired) electrons. The van der Waals surface area contributed by atoms with E-state index in [0.29, 0.717) is 6.61 Å². The van der Waals surface area contributed by atoms with E-state index < -0.39 is 0 Å². The minimum atomic E-state index is 0.153. The standard InChI is InChI=1S/C12H15NO2/c1-2-4-12-11(3-1)14-8-10(15-12)7-13-9-5-6-9/h1-4,9-10,13H,5-8H2/t10-/m1/s1. The average Bonchev–Trinajstić information content (AvgIpc) is 3.10. The van der Waals surface area contributed by atoms with Crippen LogP contribution in [0.25, 0.3) is 0 Å². The van der Waals surface area contributed by atoms with Crippen LogP contribution in [0.5, 0.6) is 11.5 Å². The van der Waals surface area contributed by atoms with Crippen LogP contribution >= 0.6 is 0 Å². The molecule has 1 aliphatic heterocycles. The van der Waals surface area contributed by atoms with E-state index in [1.807, 2.05) is 24.3 Å². The first-order chi connectivity index (χ1) is 7.42. The van der Waals surface area contributed by atoms with Gasteiger partial charge in [-0.15, -0.1) is 0 Å². The first-order valence-corrected chi connectivity index (χ1v) is 5.54. The molecule has 0 unspecified atom stereocenters. The topological polar surface area (TPSA) is 30.5 Å². The molecule has 1 aromatic rings. The van der Waals surface area contributed by atoms with Crippen LogP contribution < -0.4 is 14.8 Å². The van der Waals surface area contributed by atoms with E-state index >= 15 is 0 Å². The summed E-state index contributed by atoms with van der Waals surface area (Å²) in [6.45, 7) is 1.54. The van der Waals surface area contributed by atoms with Crippen LogP contribution in [-0.2, 0) is 0 Å². The minimum Gasteiger partial charge on any atom is -0.486 e. The van der Waals surface area contributed by atoms with Gasteiger partial charge in [-0.3, -0.25) is 0 Å². The second-order valence-corrected chi connectivity index (χ2v) is 4.18. The first-order valence-electron chi connectivity index (χ1n) is 5.54. The van der Waals surface area contributed by atoms with Crippen molar-refractivity contribution in [1.29, 1.82) is 0 Å². The SMILES string of the molecule is c1ccc2c(c1)OC[C@@H](CNC1CC1)O2. The van der Waals surface area contributed by atoms with Crippen molar-refractivity contribution in [3.63, 3.8) is 0 Å². The molecule has 15 heavy (non-hydrogen) atoms. The van der Waals surface area contributed by atoms with Crippen LogP contribution in [-0.4, -0.2) is 25.3 Å². The molecule has 1 N–H and O–H groups in total. The Morgan fingerprint density at radius 3 is 2.80 bits per heavy atom. The lowest BCUT2D eigenvalue weighted by atomic mass is 10.2.